The topological polar surface area (TPSA) is 75.7 Å². The summed E-state index contributed by atoms with van der Waals surface area (Å²) in [5, 5.41) is 13.4. The molecule has 3 aromatic heterocycles. The minimum absolute atomic E-state index is 0.398. The number of pyridine rings is 2. The predicted molar refractivity (Wildman–Crippen MR) is 112 cm³/mol. The summed E-state index contributed by atoms with van der Waals surface area (Å²) >= 11 is 0. The van der Waals surface area contributed by atoms with Gasteiger partial charge in [0.25, 0.3) is 0 Å². The Morgan fingerprint density at radius 1 is 1.14 bits per heavy atom. The molecule has 0 unspecified atom stereocenters. The van der Waals surface area contributed by atoms with Crippen molar-refractivity contribution >= 4 is 23.9 Å². The van der Waals surface area contributed by atoms with Crippen molar-refractivity contribution in [1.82, 2.24) is 14.6 Å². The van der Waals surface area contributed by atoms with E-state index in [1.165, 1.54) is 0 Å². The molecule has 0 saturated carbocycles. The van der Waals surface area contributed by atoms with Crippen LogP contribution in [0.25, 0.3) is 5.52 Å². The van der Waals surface area contributed by atoms with E-state index in [0.29, 0.717) is 12.1 Å². The first-order chi connectivity index (χ1) is 13.7. The molecule has 4 rings (SSSR count). The fourth-order valence-corrected chi connectivity index (χ4v) is 3.33. The van der Waals surface area contributed by atoms with Crippen LogP contribution in [0.4, 0.5) is 5.82 Å². The average molecular weight is 389 g/mol. The second kappa shape index (κ2) is 6.87. The molecule has 0 aromatic carbocycles. The fraction of sp³-hybridized carbons (Fsp3) is 0.381. The molecule has 0 bridgehead atoms. The van der Waals surface area contributed by atoms with E-state index < -0.39 is 18.3 Å². The van der Waals surface area contributed by atoms with Gasteiger partial charge in [0.15, 0.2) is 0 Å². The molecule has 1 fully saturated rings. The first-order valence-corrected chi connectivity index (χ1v) is 9.59. The normalized spacial score (nSPS) is 17.4. The minimum atomic E-state index is -0.453. The number of aromatic nitrogens is 3. The van der Waals surface area contributed by atoms with Crippen LogP contribution < -0.4 is 10.4 Å². The smallest absolute Gasteiger partial charge is 0.399 e. The summed E-state index contributed by atoms with van der Waals surface area (Å²) in [6.45, 7) is 8.85. The molecule has 0 aliphatic carbocycles. The van der Waals surface area contributed by atoms with Gasteiger partial charge in [0, 0.05) is 37.6 Å². The monoisotopic (exact) mass is 389 g/mol. The van der Waals surface area contributed by atoms with Gasteiger partial charge in [-0.15, -0.1) is 0 Å². The highest BCUT2D eigenvalue weighted by atomic mass is 16.7. The number of rotatable bonds is 4. The van der Waals surface area contributed by atoms with Crippen LogP contribution >= 0.6 is 0 Å². The molecular weight excluding hydrogens is 365 g/mol. The maximum atomic E-state index is 8.93. The molecule has 4 heterocycles. The Kier molecular flexibility index (Phi) is 4.60. The highest BCUT2D eigenvalue weighted by Crippen LogP contribution is 2.36. The van der Waals surface area contributed by atoms with E-state index in [2.05, 4.69) is 22.2 Å². The van der Waals surface area contributed by atoms with E-state index in [1.807, 2.05) is 68.7 Å². The number of hydrogen-bond acceptors (Lipinski definition) is 6. The van der Waals surface area contributed by atoms with Gasteiger partial charge in [-0.05, 0) is 57.5 Å². The SMILES string of the molecule is CN(Cc1ccn2ncc(B3OC(C)(C)C(C)(C)O3)c2c1)c1ccc(C#N)cn1. The molecule has 0 spiro atoms. The van der Waals surface area contributed by atoms with Crippen LogP contribution in [-0.4, -0.2) is 40.0 Å². The van der Waals surface area contributed by atoms with Gasteiger partial charge in [0.1, 0.15) is 11.9 Å². The lowest BCUT2D eigenvalue weighted by molar-refractivity contribution is 0.00578. The molecule has 8 heteroatoms. The molecule has 0 N–H and O–H groups in total. The Morgan fingerprint density at radius 3 is 2.48 bits per heavy atom. The largest absolute Gasteiger partial charge is 0.498 e. The van der Waals surface area contributed by atoms with Crippen molar-refractivity contribution < 1.29 is 9.31 Å². The molecule has 0 radical (unpaired) electrons. The van der Waals surface area contributed by atoms with Crippen LogP contribution in [0, 0.1) is 11.3 Å². The van der Waals surface area contributed by atoms with E-state index in [4.69, 9.17) is 14.6 Å². The minimum Gasteiger partial charge on any atom is -0.399 e. The maximum Gasteiger partial charge on any atom is 0.498 e. The number of nitriles is 1. The zero-order valence-electron chi connectivity index (χ0n) is 17.4. The van der Waals surface area contributed by atoms with E-state index in [0.717, 1.165) is 22.4 Å². The third-order valence-electron chi connectivity index (χ3n) is 5.81. The van der Waals surface area contributed by atoms with Gasteiger partial charge in [-0.1, -0.05) is 0 Å². The summed E-state index contributed by atoms with van der Waals surface area (Å²) in [7, 11) is 1.52. The number of fused-ring (bicyclic) bond motifs is 1. The molecule has 148 valence electrons. The second-order valence-electron chi connectivity index (χ2n) is 8.43. The van der Waals surface area contributed by atoms with Crippen LogP contribution in [0.5, 0.6) is 0 Å². The average Bonchev–Trinajstić information content (AvgIpc) is 3.19. The Balaban J connectivity index is 1.59. The predicted octanol–water partition coefficient (Wildman–Crippen LogP) is 2.54. The Morgan fingerprint density at radius 2 is 1.86 bits per heavy atom. The number of nitrogens with zero attached hydrogens (tertiary/aromatic N) is 5. The molecule has 0 amide bonds. The summed E-state index contributed by atoms with van der Waals surface area (Å²) in [6.07, 6.45) is 5.34. The summed E-state index contributed by atoms with van der Waals surface area (Å²) in [4.78, 5) is 6.40. The Hall–Kier alpha value is -2.89. The first-order valence-electron chi connectivity index (χ1n) is 9.59. The van der Waals surface area contributed by atoms with E-state index >= 15 is 0 Å². The molecule has 3 aromatic rings. The van der Waals surface area contributed by atoms with E-state index in [1.54, 1.807) is 12.3 Å². The van der Waals surface area contributed by atoms with Gasteiger partial charge < -0.3 is 14.2 Å². The molecule has 1 aliphatic heterocycles. The van der Waals surface area contributed by atoms with Crippen molar-refractivity contribution in [1.29, 1.82) is 5.26 Å². The first kappa shape index (κ1) is 19.4. The van der Waals surface area contributed by atoms with Gasteiger partial charge in [-0.2, -0.15) is 10.4 Å². The number of hydrogen-bond donors (Lipinski definition) is 0. The molecule has 1 saturated heterocycles. The Bertz CT molecular complexity index is 1070. The number of anilines is 1. The van der Waals surface area contributed by atoms with Crippen LogP contribution in [0.3, 0.4) is 0 Å². The van der Waals surface area contributed by atoms with Crippen molar-refractivity contribution in [3.63, 3.8) is 0 Å². The van der Waals surface area contributed by atoms with E-state index in [-0.39, 0.29) is 0 Å². The molecule has 7 nitrogen and oxygen atoms in total. The van der Waals surface area contributed by atoms with Crippen molar-refractivity contribution in [3.05, 3.63) is 54.0 Å². The fourth-order valence-electron chi connectivity index (χ4n) is 3.33. The lowest BCUT2D eigenvalue weighted by atomic mass is 9.80. The maximum absolute atomic E-state index is 8.93. The van der Waals surface area contributed by atoms with Crippen molar-refractivity contribution in [2.24, 2.45) is 0 Å². The molecule has 1 aliphatic rings. The van der Waals surface area contributed by atoms with Gasteiger partial charge in [-0.25, -0.2) is 9.50 Å². The highest BCUT2D eigenvalue weighted by Gasteiger charge is 2.52. The second-order valence-corrected chi connectivity index (χ2v) is 8.43. The van der Waals surface area contributed by atoms with Gasteiger partial charge in [-0.3, -0.25) is 0 Å². The third kappa shape index (κ3) is 3.48. The van der Waals surface area contributed by atoms with Crippen LogP contribution in [-0.2, 0) is 15.9 Å². The zero-order chi connectivity index (χ0) is 20.8. The molecular formula is C21H24BN5O2. The lowest BCUT2D eigenvalue weighted by Crippen LogP contribution is -2.41. The standard InChI is InChI=1S/C21H24BN5O2/c1-20(2)21(3,4)29-22(28-20)17-13-25-27-9-8-15(10-18(17)27)14-26(5)19-7-6-16(11-23)12-24-19/h6-10,12-13H,14H2,1-5H3. The summed E-state index contributed by atoms with van der Waals surface area (Å²) in [6, 6.07) is 9.86. The third-order valence-corrected chi connectivity index (χ3v) is 5.81. The van der Waals surface area contributed by atoms with E-state index in [9.17, 15) is 0 Å². The van der Waals surface area contributed by atoms with Gasteiger partial charge in [0.05, 0.1) is 22.3 Å². The van der Waals surface area contributed by atoms with Crippen LogP contribution in [0.2, 0.25) is 0 Å². The summed E-state index contributed by atoms with van der Waals surface area (Å²) in [5.74, 6) is 0.809. The summed E-state index contributed by atoms with van der Waals surface area (Å²) in [5.41, 5.74) is 2.75. The quantitative estimate of drug-likeness (QED) is 0.639. The molecule has 0 atom stereocenters. The molecule has 29 heavy (non-hydrogen) atoms. The van der Waals surface area contributed by atoms with Crippen molar-refractivity contribution in [2.75, 3.05) is 11.9 Å². The van der Waals surface area contributed by atoms with Gasteiger partial charge in [0.2, 0.25) is 0 Å². The van der Waals surface area contributed by atoms with Gasteiger partial charge >= 0.3 is 7.12 Å². The summed E-state index contributed by atoms with van der Waals surface area (Å²) < 4.78 is 14.2. The van der Waals surface area contributed by atoms with Crippen molar-refractivity contribution in [3.8, 4) is 6.07 Å². The zero-order valence-corrected chi connectivity index (χ0v) is 17.4. The Labute approximate surface area is 171 Å². The van der Waals surface area contributed by atoms with Crippen LogP contribution in [0.15, 0.2) is 42.9 Å². The lowest BCUT2D eigenvalue weighted by Gasteiger charge is -2.32. The van der Waals surface area contributed by atoms with Crippen LogP contribution in [0.1, 0.15) is 38.8 Å². The van der Waals surface area contributed by atoms with Crippen molar-refractivity contribution in [2.45, 2.75) is 45.4 Å². The highest BCUT2D eigenvalue weighted by molar-refractivity contribution is 6.64.